The van der Waals surface area contributed by atoms with E-state index in [1.54, 1.807) is 12.4 Å². The summed E-state index contributed by atoms with van der Waals surface area (Å²) in [5.41, 5.74) is 1.05. The normalized spacial score (nSPS) is 12.3. The minimum atomic E-state index is 0.280. The van der Waals surface area contributed by atoms with Crippen LogP contribution in [0.4, 0.5) is 0 Å². The molecule has 0 saturated heterocycles. The molecule has 4 nitrogen and oxygen atoms in total. The van der Waals surface area contributed by atoms with Crippen molar-refractivity contribution in [3.8, 4) is 0 Å². The van der Waals surface area contributed by atoms with Gasteiger partial charge in [0, 0.05) is 29.5 Å². The summed E-state index contributed by atoms with van der Waals surface area (Å²) in [7, 11) is 0. The van der Waals surface area contributed by atoms with Crippen molar-refractivity contribution in [2.24, 2.45) is 0 Å². The predicted octanol–water partition coefficient (Wildman–Crippen LogP) is 2.69. The Hall–Kier alpha value is -1.46. The van der Waals surface area contributed by atoms with Gasteiger partial charge in [0.1, 0.15) is 0 Å². The molecule has 5 heteroatoms. The first-order valence-electron chi connectivity index (χ1n) is 5.94. The van der Waals surface area contributed by atoms with Gasteiger partial charge in [-0.15, -0.1) is 0 Å². The molecule has 0 spiro atoms. The van der Waals surface area contributed by atoms with Gasteiger partial charge < -0.3 is 5.32 Å². The molecular formula is C13H16N4S. The minimum Gasteiger partial charge on any atom is -0.309 e. The second-order valence-electron chi connectivity index (χ2n) is 3.83. The molecule has 94 valence electrons. The van der Waals surface area contributed by atoms with Gasteiger partial charge in [-0.3, -0.25) is 4.98 Å². The number of nitrogens with one attached hydrogen (secondary N) is 1. The number of aromatic nitrogens is 3. The number of hydrogen-bond donors (Lipinski definition) is 1. The molecule has 1 atom stereocenters. The Labute approximate surface area is 111 Å². The third kappa shape index (κ3) is 3.51. The standard InChI is InChI=1S/C13H16N4S/c1-3-14-10(2)12-6-5-11(9-17-12)18-13-15-7-4-8-16-13/h4-10,14H,3H2,1-2H3. The van der Waals surface area contributed by atoms with Crippen LogP contribution in [0, 0.1) is 0 Å². The molecular weight excluding hydrogens is 244 g/mol. The molecule has 18 heavy (non-hydrogen) atoms. The van der Waals surface area contributed by atoms with Crippen molar-refractivity contribution in [1.29, 1.82) is 0 Å². The summed E-state index contributed by atoms with van der Waals surface area (Å²) in [6.07, 6.45) is 5.35. The average Bonchev–Trinajstić information content (AvgIpc) is 2.41. The molecule has 0 saturated carbocycles. The Morgan fingerprint density at radius 1 is 1.22 bits per heavy atom. The van der Waals surface area contributed by atoms with Gasteiger partial charge in [-0.25, -0.2) is 9.97 Å². The summed E-state index contributed by atoms with van der Waals surface area (Å²) in [6.45, 7) is 5.14. The van der Waals surface area contributed by atoms with E-state index in [1.165, 1.54) is 11.8 Å². The lowest BCUT2D eigenvalue weighted by Crippen LogP contribution is -2.18. The van der Waals surface area contributed by atoms with Gasteiger partial charge in [-0.1, -0.05) is 6.92 Å². The second kappa shape index (κ2) is 6.47. The molecule has 0 aliphatic rings. The van der Waals surface area contributed by atoms with Crippen molar-refractivity contribution in [1.82, 2.24) is 20.3 Å². The van der Waals surface area contributed by atoms with Gasteiger partial charge >= 0.3 is 0 Å². The Balaban J connectivity index is 2.04. The van der Waals surface area contributed by atoms with Gasteiger partial charge in [-0.05, 0) is 43.4 Å². The highest BCUT2D eigenvalue weighted by atomic mass is 32.2. The molecule has 0 fully saturated rings. The third-order valence-electron chi connectivity index (χ3n) is 2.46. The Kier molecular flexibility index (Phi) is 4.66. The van der Waals surface area contributed by atoms with Gasteiger partial charge in [0.2, 0.25) is 0 Å². The summed E-state index contributed by atoms with van der Waals surface area (Å²) >= 11 is 1.52. The van der Waals surface area contributed by atoms with Crippen molar-refractivity contribution in [3.05, 3.63) is 42.5 Å². The van der Waals surface area contributed by atoms with E-state index >= 15 is 0 Å². The number of nitrogens with zero attached hydrogens (tertiary/aromatic N) is 3. The fourth-order valence-electron chi connectivity index (χ4n) is 1.56. The van der Waals surface area contributed by atoms with Gasteiger partial charge in [0.25, 0.3) is 0 Å². The van der Waals surface area contributed by atoms with Gasteiger partial charge in [0.15, 0.2) is 5.16 Å². The Morgan fingerprint density at radius 2 is 2.00 bits per heavy atom. The van der Waals surface area contributed by atoms with E-state index in [0.717, 1.165) is 22.3 Å². The van der Waals surface area contributed by atoms with Crippen LogP contribution in [0.25, 0.3) is 0 Å². The maximum Gasteiger partial charge on any atom is 0.192 e. The Bertz CT molecular complexity index is 472. The van der Waals surface area contributed by atoms with Crippen molar-refractivity contribution in [2.45, 2.75) is 29.9 Å². The lowest BCUT2D eigenvalue weighted by Gasteiger charge is -2.11. The molecule has 2 heterocycles. The van der Waals surface area contributed by atoms with E-state index in [-0.39, 0.29) is 6.04 Å². The number of hydrogen-bond acceptors (Lipinski definition) is 5. The maximum absolute atomic E-state index is 4.45. The Morgan fingerprint density at radius 3 is 2.61 bits per heavy atom. The molecule has 0 aromatic carbocycles. The summed E-state index contributed by atoms with van der Waals surface area (Å²) < 4.78 is 0. The fraction of sp³-hybridized carbons (Fsp3) is 0.308. The van der Waals surface area contributed by atoms with Crippen LogP contribution in [0.5, 0.6) is 0 Å². The minimum absolute atomic E-state index is 0.280. The predicted molar refractivity (Wildman–Crippen MR) is 72.5 cm³/mol. The molecule has 2 aromatic rings. The van der Waals surface area contributed by atoms with Crippen LogP contribution in [0.2, 0.25) is 0 Å². The van der Waals surface area contributed by atoms with Crippen LogP contribution >= 0.6 is 11.8 Å². The highest BCUT2D eigenvalue weighted by Crippen LogP contribution is 2.23. The lowest BCUT2D eigenvalue weighted by molar-refractivity contribution is 0.582. The van der Waals surface area contributed by atoms with Crippen molar-refractivity contribution < 1.29 is 0 Å². The van der Waals surface area contributed by atoms with E-state index in [2.05, 4.69) is 40.2 Å². The zero-order valence-electron chi connectivity index (χ0n) is 10.5. The van der Waals surface area contributed by atoms with Crippen LogP contribution in [0.3, 0.4) is 0 Å². The molecule has 0 aliphatic carbocycles. The highest BCUT2D eigenvalue weighted by Gasteiger charge is 2.05. The molecule has 1 unspecified atom stereocenters. The average molecular weight is 260 g/mol. The molecule has 0 radical (unpaired) electrons. The van der Waals surface area contributed by atoms with Gasteiger partial charge in [-0.2, -0.15) is 0 Å². The summed E-state index contributed by atoms with van der Waals surface area (Å²) in [6, 6.07) is 6.18. The monoisotopic (exact) mass is 260 g/mol. The molecule has 0 amide bonds. The summed E-state index contributed by atoms with van der Waals surface area (Å²) in [4.78, 5) is 13.8. The smallest absolute Gasteiger partial charge is 0.192 e. The van der Waals surface area contributed by atoms with E-state index in [1.807, 2.05) is 18.3 Å². The van der Waals surface area contributed by atoms with Gasteiger partial charge in [0.05, 0.1) is 5.69 Å². The molecule has 2 rings (SSSR count). The van der Waals surface area contributed by atoms with E-state index in [9.17, 15) is 0 Å². The second-order valence-corrected chi connectivity index (χ2v) is 4.87. The van der Waals surface area contributed by atoms with E-state index < -0.39 is 0 Å². The lowest BCUT2D eigenvalue weighted by atomic mass is 10.2. The summed E-state index contributed by atoms with van der Waals surface area (Å²) in [5, 5.41) is 4.08. The molecule has 0 bridgehead atoms. The van der Waals surface area contributed by atoms with Crippen molar-refractivity contribution in [2.75, 3.05) is 6.54 Å². The largest absolute Gasteiger partial charge is 0.309 e. The van der Waals surface area contributed by atoms with Crippen LogP contribution in [-0.4, -0.2) is 21.5 Å². The van der Waals surface area contributed by atoms with Crippen LogP contribution < -0.4 is 5.32 Å². The maximum atomic E-state index is 4.45. The topological polar surface area (TPSA) is 50.7 Å². The van der Waals surface area contributed by atoms with Crippen molar-refractivity contribution >= 4 is 11.8 Å². The molecule has 2 aromatic heterocycles. The van der Waals surface area contributed by atoms with Crippen LogP contribution in [-0.2, 0) is 0 Å². The number of rotatable bonds is 5. The quantitative estimate of drug-likeness (QED) is 0.838. The first-order valence-corrected chi connectivity index (χ1v) is 6.75. The molecule has 0 aliphatic heterocycles. The summed E-state index contributed by atoms with van der Waals surface area (Å²) in [5.74, 6) is 0. The third-order valence-corrected chi connectivity index (χ3v) is 3.33. The van der Waals surface area contributed by atoms with Crippen molar-refractivity contribution in [3.63, 3.8) is 0 Å². The van der Waals surface area contributed by atoms with Crippen LogP contribution in [0.1, 0.15) is 25.6 Å². The van der Waals surface area contributed by atoms with Crippen LogP contribution in [0.15, 0.2) is 46.8 Å². The zero-order valence-corrected chi connectivity index (χ0v) is 11.3. The highest BCUT2D eigenvalue weighted by molar-refractivity contribution is 7.99. The zero-order chi connectivity index (χ0) is 12.8. The first kappa shape index (κ1) is 13.0. The molecule has 1 N–H and O–H groups in total. The SMILES string of the molecule is CCNC(C)c1ccc(Sc2ncccn2)cn1. The van der Waals surface area contributed by atoms with E-state index in [0.29, 0.717) is 0 Å². The van der Waals surface area contributed by atoms with E-state index in [4.69, 9.17) is 0 Å². The number of pyridine rings is 1. The fourth-order valence-corrected chi connectivity index (χ4v) is 2.24. The first-order chi connectivity index (χ1) is 8.79.